The normalized spacial score (nSPS) is 19.8. The van der Waals surface area contributed by atoms with Crippen LogP contribution in [0.3, 0.4) is 0 Å². The molecule has 6 nitrogen and oxygen atoms in total. The maximum Gasteiger partial charge on any atom is 0.173 e. The van der Waals surface area contributed by atoms with E-state index in [1.807, 2.05) is 35.0 Å². The first-order valence-electron chi connectivity index (χ1n) is 11.8. The van der Waals surface area contributed by atoms with Gasteiger partial charge in [0.05, 0.1) is 6.54 Å². The van der Waals surface area contributed by atoms with Crippen LogP contribution < -0.4 is 0 Å². The Balaban J connectivity index is 1.41. The highest BCUT2D eigenvalue weighted by atomic mass is 19.1. The van der Waals surface area contributed by atoms with E-state index in [1.165, 1.54) is 38.2 Å². The summed E-state index contributed by atoms with van der Waals surface area (Å²) in [6, 6.07) is 17.6. The van der Waals surface area contributed by atoms with Gasteiger partial charge < -0.3 is 0 Å². The lowest BCUT2D eigenvalue weighted by atomic mass is 9.93. The number of halogens is 1. The molecule has 0 spiro atoms. The van der Waals surface area contributed by atoms with Gasteiger partial charge in [0, 0.05) is 37.8 Å². The molecule has 168 valence electrons. The van der Waals surface area contributed by atoms with Crippen molar-refractivity contribution in [2.24, 2.45) is 0 Å². The Morgan fingerprint density at radius 3 is 2.34 bits per heavy atom. The predicted octanol–water partition coefficient (Wildman–Crippen LogP) is 3.90. The Hall–Kier alpha value is -2.64. The molecule has 1 aliphatic carbocycles. The third-order valence-corrected chi connectivity index (χ3v) is 6.98. The molecule has 2 aliphatic rings. The second-order valence-electron chi connectivity index (χ2n) is 8.97. The summed E-state index contributed by atoms with van der Waals surface area (Å²) in [4.78, 5) is 4.99. The molecule has 7 heteroatoms. The van der Waals surface area contributed by atoms with Crippen LogP contribution in [-0.4, -0.2) is 62.2 Å². The van der Waals surface area contributed by atoms with Gasteiger partial charge in [-0.1, -0.05) is 67.8 Å². The number of hydrogen-bond acceptors (Lipinski definition) is 5. The van der Waals surface area contributed by atoms with Gasteiger partial charge in [0.25, 0.3) is 0 Å². The molecule has 5 rings (SSSR count). The van der Waals surface area contributed by atoms with E-state index < -0.39 is 0 Å². The summed E-state index contributed by atoms with van der Waals surface area (Å²) < 4.78 is 16.8. The number of tetrazole rings is 1. The van der Waals surface area contributed by atoms with E-state index in [0.717, 1.165) is 31.7 Å². The standard InChI is InChI=1S/C25H31FN6/c26-23-14-8-7-13-22(23)24(25-27-28-29-32(25)19-20-9-3-1-4-10-20)31-17-15-30(16-18-31)21-11-5-2-6-12-21/h1,3-4,7-10,13-14,21,24H,2,5-6,11-12,15-19H2. The molecule has 1 atom stereocenters. The van der Waals surface area contributed by atoms with Crippen molar-refractivity contribution in [1.29, 1.82) is 0 Å². The van der Waals surface area contributed by atoms with Crippen LogP contribution in [-0.2, 0) is 6.54 Å². The van der Waals surface area contributed by atoms with Crippen molar-refractivity contribution < 1.29 is 4.39 Å². The molecule has 0 amide bonds. The summed E-state index contributed by atoms with van der Waals surface area (Å²) in [7, 11) is 0. The summed E-state index contributed by atoms with van der Waals surface area (Å²) in [5.74, 6) is 0.492. The number of aromatic nitrogens is 4. The smallest absolute Gasteiger partial charge is 0.173 e. The second-order valence-corrected chi connectivity index (χ2v) is 8.97. The molecule has 0 radical (unpaired) electrons. The highest BCUT2D eigenvalue weighted by molar-refractivity contribution is 5.27. The molecule has 1 aromatic heterocycles. The van der Waals surface area contributed by atoms with Crippen LogP contribution in [0, 0.1) is 5.82 Å². The maximum atomic E-state index is 15.0. The van der Waals surface area contributed by atoms with Gasteiger partial charge in [-0.05, 0) is 34.9 Å². The number of nitrogens with zero attached hydrogens (tertiary/aromatic N) is 6. The fraction of sp³-hybridized carbons (Fsp3) is 0.480. The van der Waals surface area contributed by atoms with Gasteiger partial charge in [-0.15, -0.1) is 5.10 Å². The van der Waals surface area contributed by atoms with E-state index >= 15 is 0 Å². The number of piperazine rings is 1. The molecule has 2 heterocycles. The van der Waals surface area contributed by atoms with E-state index in [9.17, 15) is 4.39 Å². The number of benzene rings is 2. The van der Waals surface area contributed by atoms with Crippen molar-refractivity contribution in [1.82, 2.24) is 30.0 Å². The van der Waals surface area contributed by atoms with Crippen molar-refractivity contribution in [2.75, 3.05) is 26.2 Å². The molecule has 1 aliphatic heterocycles. The van der Waals surface area contributed by atoms with Gasteiger partial charge in [0.15, 0.2) is 5.82 Å². The lowest BCUT2D eigenvalue weighted by molar-refractivity contribution is 0.0613. The zero-order valence-electron chi connectivity index (χ0n) is 18.5. The Morgan fingerprint density at radius 2 is 1.59 bits per heavy atom. The summed E-state index contributed by atoms with van der Waals surface area (Å²) in [5, 5.41) is 12.6. The minimum absolute atomic E-state index is 0.207. The highest BCUT2D eigenvalue weighted by Gasteiger charge is 2.34. The lowest BCUT2D eigenvalue weighted by Gasteiger charge is -2.43. The fourth-order valence-corrected chi connectivity index (χ4v) is 5.28. The SMILES string of the molecule is Fc1ccccc1C(c1nnnn1Cc1ccccc1)N1CCN(C2CCCCC2)CC1. The summed E-state index contributed by atoms with van der Waals surface area (Å²) in [5.41, 5.74) is 1.76. The topological polar surface area (TPSA) is 50.1 Å². The molecule has 1 unspecified atom stereocenters. The Kier molecular flexibility index (Phi) is 6.55. The minimum atomic E-state index is -0.302. The molecule has 0 N–H and O–H groups in total. The van der Waals surface area contributed by atoms with Crippen LogP contribution in [0.2, 0.25) is 0 Å². The third kappa shape index (κ3) is 4.59. The molecular weight excluding hydrogens is 403 g/mol. The molecule has 2 aromatic carbocycles. The largest absolute Gasteiger partial charge is 0.298 e. The lowest BCUT2D eigenvalue weighted by Crippen LogP contribution is -2.52. The third-order valence-electron chi connectivity index (χ3n) is 6.98. The molecule has 2 fully saturated rings. The van der Waals surface area contributed by atoms with Crippen molar-refractivity contribution >= 4 is 0 Å². The fourth-order valence-electron chi connectivity index (χ4n) is 5.28. The molecule has 0 bridgehead atoms. The number of rotatable bonds is 6. The van der Waals surface area contributed by atoms with Gasteiger partial charge >= 0.3 is 0 Å². The Bertz CT molecular complexity index is 992. The Morgan fingerprint density at radius 1 is 0.875 bits per heavy atom. The quantitative estimate of drug-likeness (QED) is 0.589. The van der Waals surface area contributed by atoms with E-state index in [1.54, 1.807) is 6.07 Å². The van der Waals surface area contributed by atoms with Crippen molar-refractivity contribution in [3.8, 4) is 0 Å². The average molecular weight is 435 g/mol. The summed E-state index contributed by atoms with van der Waals surface area (Å²) in [6.45, 7) is 4.35. The summed E-state index contributed by atoms with van der Waals surface area (Å²) >= 11 is 0. The molecule has 3 aromatic rings. The molecular formula is C25H31FN6. The van der Waals surface area contributed by atoms with Crippen molar-refractivity contribution in [3.05, 3.63) is 77.4 Å². The van der Waals surface area contributed by atoms with E-state index in [2.05, 4.69) is 37.5 Å². The van der Waals surface area contributed by atoms with Crippen LogP contribution in [0.25, 0.3) is 0 Å². The molecule has 32 heavy (non-hydrogen) atoms. The number of hydrogen-bond donors (Lipinski definition) is 0. The predicted molar refractivity (Wildman–Crippen MR) is 122 cm³/mol. The van der Waals surface area contributed by atoms with Crippen LogP contribution in [0.4, 0.5) is 4.39 Å². The zero-order valence-corrected chi connectivity index (χ0v) is 18.5. The first kappa shape index (κ1) is 21.2. The average Bonchev–Trinajstić information content (AvgIpc) is 3.30. The van der Waals surface area contributed by atoms with Gasteiger partial charge in [0.1, 0.15) is 11.9 Å². The summed E-state index contributed by atoms with van der Waals surface area (Å²) in [6.07, 6.45) is 6.68. The van der Waals surface area contributed by atoms with Gasteiger partial charge in [0.2, 0.25) is 0 Å². The molecule has 1 saturated heterocycles. The second kappa shape index (κ2) is 9.88. The van der Waals surface area contributed by atoms with Crippen LogP contribution in [0.1, 0.15) is 55.1 Å². The monoisotopic (exact) mass is 434 g/mol. The van der Waals surface area contributed by atoms with Crippen molar-refractivity contribution in [3.63, 3.8) is 0 Å². The zero-order chi connectivity index (χ0) is 21.8. The van der Waals surface area contributed by atoms with Gasteiger partial charge in [-0.25, -0.2) is 9.07 Å². The Labute approximate surface area is 189 Å². The van der Waals surface area contributed by atoms with Gasteiger partial charge in [-0.2, -0.15) is 0 Å². The van der Waals surface area contributed by atoms with Crippen LogP contribution in [0.5, 0.6) is 0 Å². The maximum absolute atomic E-state index is 15.0. The first-order valence-corrected chi connectivity index (χ1v) is 11.8. The van der Waals surface area contributed by atoms with E-state index in [4.69, 9.17) is 0 Å². The molecule has 1 saturated carbocycles. The highest BCUT2D eigenvalue weighted by Crippen LogP contribution is 2.31. The first-order chi connectivity index (χ1) is 15.8. The van der Waals surface area contributed by atoms with Gasteiger partial charge in [-0.3, -0.25) is 9.80 Å². The van der Waals surface area contributed by atoms with E-state index in [0.29, 0.717) is 24.0 Å². The van der Waals surface area contributed by atoms with E-state index in [-0.39, 0.29) is 11.9 Å². The van der Waals surface area contributed by atoms with Crippen LogP contribution in [0.15, 0.2) is 54.6 Å². The van der Waals surface area contributed by atoms with Crippen molar-refractivity contribution in [2.45, 2.75) is 50.7 Å². The minimum Gasteiger partial charge on any atom is -0.298 e. The van der Waals surface area contributed by atoms with Crippen LogP contribution >= 0.6 is 0 Å².